The van der Waals surface area contributed by atoms with E-state index in [1.54, 1.807) is 42.9 Å². The van der Waals surface area contributed by atoms with Gasteiger partial charge >= 0.3 is 11.9 Å². The Bertz CT molecular complexity index is 1490. The highest BCUT2D eigenvalue weighted by Crippen LogP contribution is 2.46. The van der Waals surface area contributed by atoms with Gasteiger partial charge in [0, 0.05) is 30.8 Å². The first-order valence-electron chi connectivity index (χ1n) is 13.7. The maximum absolute atomic E-state index is 15.1. The van der Waals surface area contributed by atoms with Crippen molar-refractivity contribution >= 4 is 17.7 Å². The minimum absolute atomic E-state index is 0.00694. The van der Waals surface area contributed by atoms with Gasteiger partial charge in [0.05, 0.1) is 18.1 Å². The molecule has 3 heterocycles. The first-order chi connectivity index (χ1) is 19.0. The Morgan fingerprint density at radius 1 is 1.30 bits per heavy atom. The summed E-state index contributed by atoms with van der Waals surface area (Å²) in [5.74, 6) is -0.695. The molecule has 1 unspecified atom stereocenters. The van der Waals surface area contributed by atoms with Crippen molar-refractivity contribution in [3.63, 3.8) is 0 Å². The lowest BCUT2D eigenvalue weighted by Crippen LogP contribution is -2.46. The predicted octanol–water partition coefficient (Wildman–Crippen LogP) is 4.89. The Hall–Kier alpha value is -3.82. The molecule has 0 radical (unpaired) electrons. The average molecular weight is 551 g/mol. The molecular weight excluding hydrogens is 515 g/mol. The van der Waals surface area contributed by atoms with Crippen molar-refractivity contribution in [1.29, 1.82) is 0 Å². The Kier molecular flexibility index (Phi) is 7.37. The molecule has 2 aliphatic rings. The van der Waals surface area contributed by atoms with Crippen molar-refractivity contribution in [2.45, 2.75) is 83.2 Å². The maximum Gasteiger partial charge on any atom is 0.338 e. The molecule has 10 heteroatoms. The zero-order chi connectivity index (χ0) is 28.7. The number of hydrogen-bond acceptors (Lipinski definition) is 8. The van der Waals surface area contributed by atoms with Crippen LogP contribution in [0.3, 0.4) is 0 Å². The van der Waals surface area contributed by atoms with Crippen molar-refractivity contribution in [2.75, 3.05) is 7.11 Å². The molecular formula is C30H35FN4O5. The van der Waals surface area contributed by atoms with Gasteiger partial charge in [-0.3, -0.25) is 4.79 Å². The summed E-state index contributed by atoms with van der Waals surface area (Å²) < 4.78 is 27.7. The van der Waals surface area contributed by atoms with Gasteiger partial charge in [-0.25, -0.2) is 18.7 Å². The van der Waals surface area contributed by atoms with Crippen LogP contribution in [0.2, 0.25) is 0 Å². The zero-order valence-corrected chi connectivity index (χ0v) is 23.4. The number of rotatable bonds is 8. The van der Waals surface area contributed by atoms with Crippen LogP contribution in [0.1, 0.15) is 74.9 Å². The van der Waals surface area contributed by atoms with Gasteiger partial charge in [-0.15, -0.1) is 5.10 Å². The Labute approximate surface area is 232 Å². The molecule has 0 saturated heterocycles. The summed E-state index contributed by atoms with van der Waals surface area (Å²) in [4.78, 5) is 34.1. The molecule has 1 aliphatic heterocycles. The molecule has 2 aromatic heterocycles. The smallest absolute Gasteiger partial charge is 0.338 e. The number of methoxy groups -OCH3 is 1. The maximum atomic E-state index is 15.1. The number of aliphatic hydroxyl groups excluding tert-OH is 1. The molecule has 0 spiro atoms. The lowest BCUT2D eigenvalue weighted by molar-refractivity contribution is -0.167. The number of halogens is 1. The highest BCUT2D eigenvalue weighted by molar-refractivity contribution is 5.90. The SMILES string of the molecule is COC(=O)C(C)(C)c1ccc(CCC2(C3CCCC3)CC(O)=C(Cc3nc4ncc(C)cn4n3)C(=O)O2)cc1F. The summed E-state index contributed by atoms with van der Waals surface area (Å²) in [6, 6.07) is 4.84. The van der Waals surface area contributed by atoms with E-state index in [1.807, 2.05) is 6.92 Å². The van der Waals surface area contributed by atoms with E-state index in [9.17, 15) is 14.7 Å². The first-order valence-corrected chi connectivity index (χ1v) is 13.7. The fraction of sp³-hybridized carbons (Fsp3) is 0.500. The number of aromatic nitrogens is 4. The minimum atomic E-state index is -1.13. The van der Waals surface area contributed by atoms with Crippen molar-refractivity contribution in [1.82, 2.24) is 19.6 Å². The fourth-order valence-corrected chi connectivity index (χ4v) is 6.08. The topological polar surface area (TPSA) is 116 Å². The van der Waals surface area contributed by atoms with E-state index in [4.69, 9.17) is 9.47 Å². The molecule has 3 aromatic rings. The summed E-state index contributed by atoms with van der Waals surface area (Å²) in [6.45, 7) is 5.15. The number of carbonyl (C=O) groups excluding carboxylic acids is 2. The number of aryl methyl sites for hydroxylation is 2. The standard InChI is InChI=1S/C30H35FN4O5/c1-18-16-32-28-33-25(34-35(28)17-18)14-21-24(36)15-30(40-26(21)37,20-7-5-6-8-20)12-11-19-9-10-22(23(31)13-19)29(2,3)27(38)39-4/h9-10,13,16-17,20,36H,5-8,11-12,14-15H2,1-4H3. The number of carbonyl (C=O) groups is 2. The molecule has 1 N–H and O–H groups in total. The quantitative estimate of drug-likeness (QED) is 0.395. The van der Waals surface area contributed by atoms with E-state index in [1.165, 1.54) is 13.2 Å². The number of ether oxygens (including phenoxy) is 2. The molecule has 1 fully saturated rings. The van der Waals surface area contributed by atoms with E-state index in [2.05, 4.69) is 15.1 Å². The second-order valence-electron chi connectivity index (χ2n) is 11.5. The highest BCUT2D eigenvalue weighted by atomic mass is 19.1. The second kappa shape index (κ2) is 10.6. The van der Waals surface area contributed by atoms with Crippen LogP contribution in [-0.4, -0.2) is 49.3 Å². The second-order valence-corrected chi connectivity index (χ2v) is 11.5. The Morgan fingerprint density at radius 2 is 2.05 bits per heavy atom. The van der Waals surface area contributed by atoms with Crippen LogP contribution in [0.25, 0.3) is 5.78 Å². The largest absolute Gasteiger partial charge is 0.512 e. The Morgan fingerprint density at radius 3 is 2.73 bits per heavy atom. The van der Waals surface area contributed by atoms with Gasteiger partial charge in [0.15, 0.2) is 5.82 Å². The summed E-state index contributed by atoms with van der Waals surface area (Å²) in [5.41, 5.74) is 0.0500. The number of nitrogens with zero attached hydrogens (tertiary/aromatic N) is 4. The van der Waals surface area contributed by atoms with Gasteiger partial charge in [0.25, 0.3) is 5.78 Å². The molecule has 9 nitrogen and oxygen atoms in total. The molecule has 1 saturated carbocycles. The predicted molar refractivity (Wildman–Crippen MR) is 144 cm³/mol. The summed E-state index contributed by atoms with van der Waals surface area (Å²) in [5, 5.41) is 15.6. The minimum Gasteiger partial charge on any atom is -0.512 e. The lowest BCUT2D eigenvalue weighted by atomic mass is 9.76. The van der Waals surface area contributed by atoms with Crippen LogP contribution in [-0.2, 0) is 37.3 Å². The first kappa shape index (κ1) is 27.7. The number of cyclic esters (lactones) is 1. The molecule has 40 heavy (non-hydrogen) atoms. The molecule has 0 bridgehead atoms. The average Bonchev–Trinajstić information content (AvgIpc) is 3.59. The van der Waals surface area contributed by atoms with E-state index < -0.39 is 28.8 Å². The number of fused-ring (bicyclic) bond motifs is 1. The van der Waals surface area contributed by atoms with Gasteiger partial charge < -0.3 is 14.6 Å². The van der Waals surface area contributed by atoms with Crippen LogP contribution in [0, 0.1) is 18.7 Å². The van der Waals surface area contributed by atoms with Crippen LogP contribution < -0.4 is 0 Å². The van der Waals surface area contributed by atoms with Gasteiger partial charge in [-0.05, 0) is 69.6 Å². The molecule has 1 aliphatic carbocycles. The van der Waals surface area contributed by atoms with Crippen LogP contribution in [0.4, 0.5) is 4.39 Å². The lowest BCUT2D eigenvalue weighted by Gasteiger charge is -2.41. The van der Waals surface area contributed by atoms with Crippen molar-refractivity contribution in [3.05, 3.63) is 70.3 Å². The number of benzene rings is 1. The summed E-state index contributed by atoms with van der Waals surface area (Å²) >= 11 is 0. The van der Waals surface area contributed by atoms with E-state index in [0.717, 1.165) is 36.8 Å². The normalized spacial score (nSPS) is 20.3. The number of aliphatic hydroxyl groups is 1. The summed E-state index contributed by atoms with van der Waals surface area (Å²) in [7, 11) is 1.28. The number of esters is 2. The van der Waals surface area contributed by atoms with E-state index in [0.29, 0.717) is 24.4 Å². The van der Waals surface area contributed by atoms with Crippen LogP contribution >= 0.6 is 0 Å². The highest BCUT2D eigenvalue weighted by Gasteiger charge is 2.48. The van der Waals surface area contributed by atoms with Crippen molar-refractivity contribution in [3.8, 4) is 0 Å². The van der Waals surface area contributed by atoms with Gasteiger partial charge in [-0.2, -0.15) is 4.98 Å². The van der Waals surface area contributed by atoms with Crippen LogP contribution in [0.15, 0.2) is 41.9 Å². The zero-order valence-electron chi connectivity index (χ0n) is 23.4. The molecule has 1 atom stereocenters. The van der Waals surface area contributed by atoms with Crippen LogP contribution in [0.5, 0.6) is 0 Å². The molecule has 0 amide bonds. The van der Waals surface area contributed by atoms with E-state index >= 15 is 4.39 Å². The number of hydrogen-bond donors (Lipinski definition) is 1. The third-order valence-corrected chi connectivity index (χ3v) is 8.40. The third-order valence-electron chi connectivity index (χ3n) is 8.40. The molecule has 212 valence electrons. The van der Waals surface area contributed by atoms with Gasteiger partial charge in [-0.1, -0.05) is 25.0 Å². The molecule has 1 aromatic carbocycles. The van der Waals surface area contributed by atoms with E-state index in [-0.39, 0.29) is 35.7 Å². The van der Waals surface area contributed by atoms with Crippen molar-refractivity contribution in [2.24, 2.45) is 5.92 Å². The van der Waals surface area contributed by atoms with Crippen molar-refractivity contribution < 1.29 is 28.6 Å². The van der Waals surface area contributed by atoms with Gasteiger partial charge in [0.1, 0.15) is 17.2 Å². The monoisotopic (exact) mass is 550 g/mol. The Balaban J connectivity index is 1.37. The third kappa shape index (κ3) is 5.19. The van der Waals surface area contributed by atoms with Gasteiger partial charge in [0.2, 0.25) is 0 Å². The fourth-order valence-electron chi connectivity index (χ4n) is 6.08. The molecule has 5 rings (SSSR count). The summed E-state index contributed by atoms with van der Waals surface area (Å²) in [6.07, 6.45) is 8.46.